The summed E-state index contributed by atoms with van der Waals surface area (Å²) in [5, 5.41) is 3.03. The molecule has 1 aromatic carbocycles. The Morgan fingerprint density at radius 2 is 1.79 bits per heavy atom. The Kier molecular flexibility index (Phi) is 7.90. The van der Waals surface area contributed by atoms with E-state index < -0.39 is 36.8 Å². The lowest BCUT2D eigenvalue weighted by atomic mass is 10.0. The van der Waals surface area contributed by atoms with E-state index in [1.165, 1.54) is 12.1 Å². The third-order valence-electron chi connectivity index (χ3n) is 8.86. The SMILES string of the molecule is O=C(N[C@H]1CCC[C@H]2CC[C@@H](C(=O)N3CC(N4CCOCC4)C3)N2C1=O)c1cc2cc(C(F)(F)P(=O)(O)O)ccc2s1. The number of carbonyl (C=O) groups excluding carboxylic acids is 3. The van der Waals surface area contributed by atoms with E-state index in [4.69, 9.17) is 14.5 Å². The maximum atomic E-state index is 14.2. The zero-order chi connectivity index (χ0) is 29.8. The summed E-state index contributed by atoms with van der Waals surface area (Å²) in [6.45, 7) is 4.36. The molecule has 4 saturated heterocycles. The molecule has 1 aromatic heterocycles. The van der Waals surface area contributed by atoms with Crippen LogP contribution in [0.5, 0.6) is 0 Å². The van der Waals surface area contributed by atoms with E-state index in [9.17, 15) is 27.7 Å². The first-order valence-electron chi connectivity index (χ1n) is 14.1. The van der Waals surface area contributed by atoms with Gasteiger partial charge in [0.05, 0.1) is 18.1 Å². The van der Waals surface area contributed by atoms with Crippen LogP contribution in [0.15, 0.2) is 24.3 Å². The van der Waals surface area contributed by atoms with Gasteiger partial charge in [-0.3, -0.25) is 23.8 Å². The second-order valence-corrected chi connectivity index (χ2v) is 14.2. The highest BCUT2D eigenvalue weighted by Gasteiger charge is 2.51. The number of hydrogen-bond acceptors (Lipinski definition) is 7. The summed E-state index contributed by atoms with van der Waals surface area (Å²) in [7, 11) is -5.74. The Labute approximate surface area is 244 Å². The number of ether oxygens (including phenoxy) is 1. The van der Waals surface area contributed by atoms with Crippen molar-refractivity contribution >= 4 is 46.7 Å². The molecule has 0 spiro atoms. The molecule has 6 rings (SSSR count). The molecule has 4 fully saturated rings. The zero-order valence-corrected chi connectivity index (χ0v) is 24.5. The molecule has 0 bridgehead atoms. The molecule has 3 atom stereocenters. The highest BCUT2D eigenvalue weighted by atomic mass is 32.1. The molecule has 15 heteroatoms. The normalized spacial score (nSPS) is 26.2. The second-order valence-electron chi connectivity index (χ2n) is 11.4. The minimum Gasteiger partial charge on any atom is -0.379 e. The van der Waals surface area contributed by atoms with Crippen LogP contribution in [0.1, 0.15) is 47.3 Å². The van der Waals surface area contributed by atoms with Crippen molar-refractivity contribution in [2.45, 2.75) is 61.9 Å². The van der Waals surface area contributed by atoms with Crippen molar-refractivity contribution in [3.05, 3.63) is 34.7 Å². The maximum Gasteiger partial charge on any atom is 0.399 e. The van der Waals surface area contributed by atoms with Gasteiger partial charge in [-0.25, -0.2) is 0 Å². The Morgan fingerprint density at radius 3 is 2.50 bits per heavy atom. The topological polar surface area (TPSA) is 140 Å². The van der Waals surface area contributed by atoms with Crippen LogP contribution in [0.4, 0.5) is 8.78 Å². The molecule has 5 heterocycles. The van der Waals surface area contributed by atoms with Gasteiger partial charge in [0, 0.05) is 48.5 Å². The molecule has 0 unspecified atom stereocenters. The van der Waals surface area contributed by atoms with E-state index in [2.05, 4.69) is 10.2 Å². The molecule has 42 heavy (non-hydrogen) atoms. The average Bonchev–Trinajstić information content (AvgIpc) is 3.52. The zero-order valence-electron chi connectivity index (χ0n) is 22.8. The Morgan fingerprint density at radius 1 is 1.05 bits per heavy atom. The number of fused-ring (bicyclic) bond motifs is 2. The molecular formula is C27H33F2N4O7PS. The van der Waals surface area contributed by atoms with Gasteiger partial charge in [0.1, 0.15) is 12.1 Å². The van der Waals surface area contributed by atoms with E-state index in [1.54, 1.807) is 4.90 Å². The van der Waals surface area contributed by atoms with Crippen molar-refractivity contribution in [3.8, 4) is 0 Å². The van der Waals surface area contributed by atoms with Crippen molar-refractivity contribution in [2.24, 2.45) is 0 Å². The van der Waals surface area contributed by atoms with E-state index in [0.717, 1.165) is 49.4 Å². The molecular weight excluding hydrogens is 593 g/mol. The van der Waals surface area contributed by atoms with Crippen molar-refractivity contribution < 1.29 is 42.3 Å². The van der Waals surface area contributed by atoms with Crippen LogP contribution < -0.4 is 5.32 Å². The summed E-state index contributed by atoms with van der Waals surface area (Å²) < 4.78 is 45.6. The molecule has 11 nitrogen and oxygen atoms in total. The summed E-state index contributed by atoms with van der Waals surface area (Å²) in [4.78, 5) is 64.6. The van der Waals surface area contributed by atoms with E-state index >= 15 is 0 Å². The molecule has 0 radical (unpaired) electrons. The van der Waals surface area contributed by atoms with Gasteiger partial charge in [-0.2, -0.15) is 8.78 Å². The minimum absolute atomic E-state index is 0.0465. The summed E-state index contributed by atoms with van der Waals surface area (Å²) in [5.74, 6) is -0.874. The smallest absolute Gasteiger partial charge is 0.379 e. The van der Waals surface area contributed by atoms with Gasteiger partial charge in [-0.15, -0.1) is 11.3 Å². The maximum absolute atomic E-state index is 14.2. The van der Waals surface area contributed by atoms with Crippen molar-refractivity contribution in [1.29, 1.82) is 0 Å². The highest BCUT2D eigenvalue weighted by Crippen LogP contribution is 2.59. The number of thiophene rings is 1. The number of rotatable bonds is 6. The first-order valence-corrected chi connectivity index (χ1v) is 16.6. The standard InChI is InChI=1S/C27H33F2N4O7PS/c28-27(29,41(37,38)39)17-4-7-22-16(12-17)13-23(42-22)24(34)30-20-3-1-2-18-5-6-21(33(18)25(20)35)26(36)32-14-19(15-32)31-8-10-40-11-9-31/h4,7,12-13,18-21H,1-3,5-6,8-11,14-15H2,(H,30,34)(H2,37,38,39)/t18-,20-,21-/m0/s1. The quantitative estimate of drug-likeness (QED) is 0.416. The van der Waals surface area contributed by atoms with Gasteiger partial charge in [-0.1, -0.05) is 6.07 Å². The fraction of sp³-hybridized carbons (Fsp3) is 0.593. The number of nitrogens with one attached hydrogen (secondary N) is 1. The molecule has 228 valence electrons. The number of likely N-dealkylation sites (tertiary alicyclic amines) is 1. The lowest BCUT2D eigenvalue weighted by molar-refractivity contribution is -0.151. The summed E-state index contributed by atoms with van der Waals surface area (Å²) in [6, 6.07) is 3.43. The second kappa shape index (κ2) is 11.2. The fourth-order valence-corrected chi connectivity index (χ4v) is 7.92. The monoisotopic (exact) mass is 626 g/mol. The van der Waals surface area contributed by atoms with Crippen LogP contribution >= 0.6 is 18.9 Å². The highest BCUT2D eigenvalue weighted by molar-refractivity contribution is 7.52. The number of nitrogens with zero attached hydrogens (tertiary/aromatic N) is 3. The molecule has 3 amide bonds. The molecule has 2 aromatic rings. The predicted octanol–water partition coefficient (Wildman–Crippen LogP) is 2.31. The first kappa shape index (κ1) is 29.6. The van der Waals surface area contributed by atoms with Crippen LogP contribution in [-0.4, -0.2) is 106 Å². The van der Waals surface area contributed by atoms with Crippen LogP contribution in [-0.2, 0) is 24.6 Å². The van der Waals surface area contributed by atoms with Crippen molar-refractivity contribution in [1.82, 2.24) is 20.0 Å². The summed E-state index contributed by atoms with van der Waals surface area (Å²) in [5.41, 5.74) is -5.21. The summed E-state index contributed by atoms with van der Waals surface area (Å²) in [6.07, 6.45) is 3.20. The van der Waals surface area contributed by atoms with Crippen LogP contribution in [0.3, 0.4) is 0 Å². The van der Waals surface area contributed by atoms with Crippen LogP contribution in [0, 0.1) is 0 Å². The van der Waals surface area contributed by atoms with Crippen LogP contribution in [0.25, 0.3) is 10.1 Å². The first-order chi connectivity index (χ1) is 19.9. The summed E-state index contributed by atoms with van der Waals surface area (Å²) >= 11 is 1.03. The Hall–Kier alpha value is -2.48. The van der Waals surface area contributed by atoms with Gasteiger partial charge >= 0.3 is 13.3 Å². The third kappa shape index (κ3) is 5.37. The van der Waals surface area contributed by atoms with Gasteiger partial charge in [0.25, 0.3) is 5.91 Å². The fourth-order valence-electron chi connectivity index (χ4n) is 6.50. The van der Waals surface area contributed by atoms with E-state index in [-0.39, 0.29) is 28.1 Å². The average molecular weight is 627 g/mol. The van der Waals surface area contributed by atoms with Crippen molar-refractivity contribution in [2.75, 3.05) is 39.4 Å². The third-order valence-corrected chi connectivity index (χ3v) is 11.0. The number of hydrogen-bond donors (Lipinski definition) is 3. The number of amides is 3. The van der Waals surface area contributed by atoms with Crippen molar-refractivity contribution in [3.63, 3.8) is 0 Å². The van der Waals surface area contributed by atoms with Gasteiger partial charge in [0.15, 0.2) is 0 Å². The van der Waals surface area contributed by atoms with Gasteiger partial charge in [-0.05, 0) is 55.7 Å². The molecule has 3 N–H and O–H groups in total. The molecule has 0 saturated carbocycles. The van der Waals surface area contributed by atoms with E-state index in [0.29, 0.717) is 56.3 Å². The molecule has 4 aliphatic rings. The molecule has 0 aliphatic carbocycles. The number of morpholine rings is 1. The largest absolute Gasteiger partial charge is 0.399 e. The van der Waals surface area contributed by atoms with Gasteiger partial charge in [0.2, 0.25) is 11.8 Å². The Bertz CT molecular complexity index is 1440. The Balaban J connectivity index is 1.13. The minimum atomic E-state index is -5.74. The molecule has 4 aliphatic heterocycles. The van der Waals surface area contributed by atoms with Gasteiger partial charge < -0.3 is 29.6 Å². The van der Waals surface area contributed by atoms with E-state index in [1.807, 2.05) is 4.90 Å². The lowest BCUT2D eigenvalue weighted by Gasteiger charge is -2.48. The number of alkyl halides is 2. The lowest BCUT2D eigenvalue weighted by Crippen LogP contribution is -2.65. The van der Waals surface area contributed by atoms with Crippen LogP contribution in [0.2, 0.25) is 0 Å². The number of halogens is 2. The predicted molar refractivity (Wildman–Crippen MR) is 149 cm³/mol. The number of benzene rings is 1. The number of carbonyl (C=O) groups is 3.